The van der Waals surface area contributed by atoms with Crippen molar-refractivity contribution in [2.24, 2.45) is 5.84 Å². The van der Waals surface area contributed by atoms with Crippen LogP contribution in [-0.4, -0.2) is 4.98 Å². The maximum atomic E-state index is 9.02. The van der Waals surface area contributed by atoms with Crippen LogP contribution in [0.4, 0.5) is 5.82 Å². The number of para-hydroxylation sites is 1. The van der Waals surface area contributed by atoms with Crippen molar-refractivity contribution in [1.82, 2.24) is 4.98 Å². The van der Waals surface area contributed by atoms with Crippen LogP contribution in [-0.2, 0) is 6.61 Å². The number of aromatic nitrogens is 1. The number of hydrogen-bond donors (Lipinski definition) is 2. The molecule has 0 saturated carbocycles. The first-order valence-electron chi connectivity index (χ1n) is 5.46. The number of hydrogen-bond acceptors (Lipinski definition) is 5. The van der Waals surface area contributed by atoms with E-state index in [4.69, 9.17) is 15.8 Å². The van der Waals surface area contributed by atoms with Crippen LogP contribution in [0.15, 0.2) is 30.3 Å². The van der Waals surface area contributed by atoms with Gasteiger partial charge < -0.3 is 10.2 Å². The predicted molar refractivity (Wildman–Crippen MR) is 66.5 cm³/mol. The molecular formula is C13H10N4O. The van der Waals surface area contributed by atoms with Gasteiger partial charge in [0.1, 0.15) is 18.4 Å². The Balaban J connectivity index is 2.25. The zero-order valence-corrected chi connectivity index (χ0v) is 9.47. The quantitative estimate of drug-likeness (QED) is 0.584. The molecule has 88 valence electrons. The first-order valence-corrected chi connectivity index (χ1v) is 5.46. The van der Waals surface area contributed by atoms with Crippen molar-refractivity contribution in [2.75, 3.05) is 5.43 Å². The molecule has 2 heterocycles. The van der Waals surface area contributed by atoms with Crippen LogP contribution in [0.2, 0.25) is 0 Å². The molecule has 0 aliphatic carbocycles. The van der Waals surface area contributed by atoms with Gasteiger partial charge in [0.15, 0.2) is 5.82 Å². The van der Waals surface area contributed by atoms with E-state index in [2.05, 4.69) is 16.5 Å². The van der Waals surface area contributed by atoms with Crippen molar-refractivity contribution in [1.29, 1.82) is 5.26 Å². The summed E-state index contributed by atoms with van der Waals surface area (Å²) in [7, 11) is 0. The third kappa shape index (κ3) is 1.48. The van der Waals surface area contributed by atoms with Gasteiger partial charge in [-0.3, -0.25) is 0 Å². The Hall–Kier alpha value is -2.58. The van der Waals surface area contributed by atoms with Crippen LogP contribution in [0, 0.1) is 11.3 Å². The maximum absolute atomic E-state index is 9.02. The summed E-state index contributed by atoms with van der Waals surface area (Å²) in [5.41, 5.74) is 5.49. The molecule has 1 aromatic heterocycles. The van der Waals surface area contributed by atoms with Crippen LogP contribution in [0.1, 0.15) is 11.1 Å². The van der Waals surface area contributed by atoms with Crippen molar-refractivity contribution >= 4 is 5.82 Å². The highest BCUT2D eigenvalue weighted by atomic mass is 16.5. The minimum absolute atomic E-state index is 0.382. The first-order chi connectivity index (χ1) is 8.83. The zero-order chi connectivity index (χ0) is 12.5. The second-order valence-electron chi connectivity index (χ2n) is 3.93. The largest absolute Gasteiger partial charge is 0.488 e. The van der Waals surface area contributed by atoms with Crippen LogP contribution < -0.4 is 16.0 Å². The number of rotatable bonds is 1. The lowest BCUT2D eigenvalue weighted by atomic mass is 10.0. The van der Waals surface area contributed by atoms with Crippen molar-refractivity contribution in [3.8, 4) is 23.1 Å². The molecule has 18 heavy (non-hydrogen) atoms. The number of nitrogens with one attached hydrogen (secondary N) is 1. The predicted octanol–water partition coefficient (Wildman–Crippen LogP) is 1.80. The molecule has 5 nitrogen and oxygen atoms in total. The van der Waals surface area contributed by atoms with Crippen molar-refractivity contribution < 1.29 is 4.74 Å². The van der Waals surface area contributed by atoms with Gasteiger partial charge in [0, 0.05) is 11.1 Å². The fourth-order valence-corrected chi connectivity index (χ4v) is 2.04. The third-order valence-corrected chi connectivity index (χ3v) is 2.88. The Labute approximate surface area is 104 Å². The highest BCUT2D eigenvalue weighted by Crippen LogP contribution is 2.37. The molecule has 0 unspecified atom stereocenters. The van der Waals surface area contributed by atoms with Gasteiger partial charge in [-0.25, -0.2) is 10.8 Å². The third-order valence-electron chi connectivity index (χ3n) is 2.88. The van der Waals surface area contributed by atoms with E-state index in [1.54, 1.807) is 6.07 Å². The molecule has 3 N–H and O–H groups in total. The summed E-state index contributed by atoms with van der Waals surface area (Å²) in [5, 5.41) is 9.02. The molecule has 1 aromatic carbocycles. The van der Waals surface area contributed by atoms with Crippen molar-refractivity contribution in [2.45, 2.75) is 6.61 Å². The Morgan fingerprint density at radius 2 is 2.22 bits per heavy atom. The van der Waals surface area contributed by atoms with E-state index in [1.807, 2.05) is 24.3 Å². The first kappa shape index (κ1) is 10.6. The summed E-state index contributed by atoms with van der Waals surface area (Å²) in [6, 6.07) is 11.5. The Kier molecular flexibility index (Phi) is 2.36. The lowest BCUT2D eigenvalue weighted by molar-refractivity contribution is 0.301. The van der Waals surface area contributed by atoms with Crippen molar-refractivity contribution in [3.63, 3.8) is 0 Å². The van der Waals surface area contributed by atoms with E-state index < -0.39 is 0 Å². The number of fused-ring (bicyclic) bond motifs is 3. The topological polar surface area (TPSA) is 84.0 Å². The van der Waals surface area contributed by atoms with Gasteiger partial charge in [-0.2, -0.15) is 5.26 Å². The summed E-state index contributed by atoms with van der Waals surface area (Å²) < 4.78 is 5.62. The van der Waals surface area contributed by atoms with Crippen LogP contribution in [0.5, 0.6) is 5.75 Å². The average Bonchev–Trinajstić information content (AvgIpc) is 2.45. The Morgan fingerprint density at radius 1 is 1.39 bits per heavy atom. The normalized spacial score (nSPS) is 11.8. The maximum Gasteiger partial charge on any atom is 0.158 e. The van der Waals surface area contributed by atoms with E-state index in [0.717, 1.165) is 22.6 Å². The Morgan fingerprint density at radius 3 is 3.00 bits per heavy atom. The van der Waals surface area contributed by atoms with Gasteiger partial charge in [0.2, 0.25) is 0 Å². The summed E-state index contributed by atoms with van der Waals surface area (Å²) in [6.07, 6.45) is 0. The number of nitrogens with two attached hydrogens (primary N) is 1. The molecule has 0 amide bonds. The molecule has 0 atom stereocenters. The summed E-state index contributed by atoms with van der Waals surface area (Å²) in [4.78, 5) is 4.41. The van der Waals surface area contributed by atoms with Crippen molar-refractivity contribution in [3.05, 3.63) is 41.5 Å². The number of pyridine rings is 1. The molecule has 0 fully saturated rings. The monoisotopic (exact) mass is 238 g/mol. The molecule has 0 bridgehead atoms. The Bertz CT molecular complexity index is 661. The van der Waals surface area contributed by atoms with E-state index in [-0.39, 0.29) is 0 Å². The molecule has 0 saturated heterocycles. The lowest BCUT2D eigenvalue weighted by Gasteiger charge is -2.20. The van der Waals surface area contributed by atoms with Gasteiger partial charge in [-0.15, -0.1) is 0 Å². The van der Waals surface area contributed by atoms with Crippen LogP contribution in [0.3, 0.4) is 0 Å². The minimum Gasteiger partial charge on any atom is -0.488 e. The second kappa shape index (κ2) is 4.02. The van der Waals surface area contributed by atoms with Gasteiger partial charge in [0.05, 0.1) is 11.3 Å². The zero-order valence-electron chi connectivity index (χ0n) is 9.47. The van der Waals surface area contributed by atoms with Gasteiger partial charge in [0.25, 0.3) is 0 Å². The highest BCUT2D eigenvalue weighted by molar-refractivity contribution is 5.74. The molecule has 3 rings (SSSR count). The fourth-order valence-electron chi connectivity index (χ4n) is 2.04. The number of anilines is 1. The smallest absolute Gasteiger partial charge is 0.158 e. The highest BCUT2D eigenvalue weighted by Gasteiger charge is 2.20. The van der Waals surface area contributed by atoms with E-state index >= 15 is 0 Å². The fraction of sp³-hybridized carbons (Fsp3) is 0.0769. The molecule has 2 aromatic rings. The summed E-state index contributed by atoms with van der Waals surface area (Å²) in [5.74, 6) is 6.56. The number of nitriles is 1. The number of nitrogens with zero attached hydrogens (tertiary/aromatic N) is 2. The number of nitrogen functional groups attached to an aromatic ring is 1. The lowest BCUT2D eigenvalue weighted by Crippen LogP contribution is -2.14. The standard InChI is InChI=1S/C13H10N4O/c14-6-8-5-9-7-18-11-4-2-1-3-10(11)12(9)16-13(8)17-15/h1-5H,7,15H2,(H,16,17). The minimum atomic E-state index is 0.382. The average molecular weight is 238 g/mol. The molecule has 0 radical (unpaired) electrons. The van der Waals surface area contributed by atoms with E-state index in [0.29, 0.717) is 18.0 Å². The number of ether oxygens (including phenoxy) is 1. The molecule has 1 aliphatic rings. The van der Waals surface area contributed by atoms with Crippen LogP contribution in [0.25, 0.3) is 11.3 Å². The summed E-state index contributed by atoms with van der Waals surface area (Å²) in [6.45, 7) is 0.416. The summed E-state index contributed by atoms with van der Waals surface area (Å²) >= 11 is 0. The van der Waals surface area contributed by atoms with Crippen LogP contribution >= 0.6 is 0 Å². The molecule has 1 aliphatic heterocycles. The molecular weight excluding hydrogens is 228 g/mol. The van der Waals surface area contributed by atoms with E-state index in [9.17, 15) is 0 Å². The van der Waals surface area contributed by atoms with Gasteiger partial charge >= 0.3 is 0 Å². The molecule has 5 heteroatoms. The second-order valence-corrected chi connectivity index (χ2v) is 3.93. The SMILES string of the molecule is N#Cc1cc2c(nc1NN)-c1ccccc1OC2. The van der Waals surface area contributed by atoms with Gasteiger partial charge in [-0.05, 0) is 18.2 Å². The molecule has 0 spiro atoms. The van der Waals surface area contributed by atoms with Gasteiger partial charge in [-0.1, -0.05) is 12.1 Å². The number of hydrazine groups is 1. The van der Waals surface area contributed by atoms with E-state index in [1.165, 1.54) is 0 Å². The number of benzene rings is 1.